The van der Waals surface area contributed by atoms with Gasteiger partial charge in [0.05, 0.1) is 6.73 Å². The Morgan fingerprint density at radius 3 is 1.88 bits per heavy atom. The third kappa shape index (κ3) is 2.26. The summed E-state index contributed by atoms with van der Waals surface area (Å²) in [5.41, 5.74) is -0.908. The van der Waals surface area contributed by atoms with Crippen molar-refractivity contribution in [2.75, 3.05) is 13.8 Å². The second kappa shape index (κ2) is 2.44. The van der Waals surface area contributed by atoms with Gasteiger partial charge in [-0.05, 0) is 20.9 Å². The molecular formula is C5H13NO2. The van der Waals surface area contributed by atoms with Crippen LogP contribution in [0.5, 0.6) is 0 Å². The maximum atomic E-state index is 9.05. The molecule has 0 fully saturated rings. The first kappa shape index (κ1) is 7.88. The van der Waals surface area contributed by atoms with Crippen LogP contribution in [0.2, 0.25) is 0 Å². The highest BCUT2D eigenvalue weighted by atomic mass is 16.3. The van der Waals surface area contributed by atoms with Crippen molar-refractivity contribution in [1.29, 1.82) is 0 Å². The molecule has 0 rings (SSSR count). The molecule has 0 spiro atoms. The van der Waals surface area contributed by atoms with E-state index in [1.165, 1.54) is 4.90 Å². The maximum Gasteiger partial charge on any atom is 0.114 e. The van der Waals surface area contributed by atoms with Crippen molar-refractivity contribution in [2.45, 2.75) is 19.6 Å². The van der Waals surface area contributed by atoms with Crippen LogP contribution in [0.15, 0.2) is 0 Å². The molecule has 0 aliphatic heterocycles. The maximum absolute atomic E-state index is 9.05. The van der Waals surface area contributed by atoms with E-state index in [1.54, 1.807) is 20.9 Å². The molecule has 0 atom stereocenters. The van der Waals surface area contributed by atoms with Gasteiger partial charge in [0.1, 0.15) is 5.72 Å². The summed E-state index contributed by atoms with van der Waals surface area (Å²) >= 11 is 0. The van der Waals surface area contributed by atoms with Crippen LogP contribution in [0.1, 0.15) is 13.8 Å². The Morgan fingerprint density at radius 2 is 1.88 bits per heavy atom. The second-order valence-corrected chi connectivity index (χ2v) is 2.33. The zero-order chi connectivity index (χ0) is 6.78. The van der Waals surface area contributed by atoms with Gasteiger partial charge in [0.2, 0.25) is 0 Å². The number of nitrogens with zero attached hydrogens (tertiary/aromatic N) is 1. The third-order valence-electron chi connectivity index (χ3n) is 1.15. The molecule has 2 N–H and O–H groups in total. The van der Waals surface area contributed by atoms with Crippen molar-refractivity contribution in [3.8, 4) is 0 Å². The fraction of sp³-hybridized carbons (Fsp3) is 1.00. The van der Waals surface area contributed by atoms with Crippen molar-refractivity contribution in [3.05, 3.63) is 0 Å². The van der Waals surface area contributed by atoms with E-state index in [-0.39, 0.29) is 6.73 Å². The SMILES string of the molecule is CN(CO)C(C)(C)O. The number of aliphatic hydroxyl groups is 2. The molecule has 0 heterocycles. The molecule has 0 aliphatic rings. The molecule has 8 heavy (non-hydrogen) atoms. The topological polar surface area (TPSA) is 43.7 Å². The van der Waals surface area contributed by atoms with E-state index in [0.717, 1.165) is 0 Å². The third-order valence-corrected chi connectivity index (χ3v) is 1.15. The van der Waals surface area contributed by atoms with Gasteiger partial charge < -0.3 is 10.2 Å². The molecule has 0 radical (unpaired) electrons. The summed E-state index contributed by atoms with van der Waals surface area (Å²) in [5, 5.41) is 17.5. The summed E-state index contributed by atoms with van der Waals surface area (Å²) in [5.74, 6) is 0. The molecule has 0 unspecified atom stereocenters. The molecule has 0 bridgehead atoms. The summed E-state index contributed by atoms with van der Waals surface area (Å²) < 4.78 is 0. The lowest BCUT2D eigenvalue weighted by atomic mass is 10.3. The highest BCUT2D eigenvalue weighted by Gasteiger charge is 2.16. The minimum Gasteiger partial charge on any atom is -0.381 e. The summed E-state index contributed by atoms with van der Waals surface area (Å²) in [6.45, 7) is 3.11. The van der Waals surface area contributed by atoms with Crippen LogP contribution in [0.4, 0.5) is 0 Å². The van der Waals surface area contributed by atoms with Crippen LogP contribution in [-0.4, -0.2) is 34.6 Å². The summed E-state index contributed by atoms with van der Waals surface area (Å²) in [4.78, 5) is 1.42. The standard InChI is InChI=1S/C5H13NO2/c1-5(2,8)6(3)4-7/h7-8H,4H2,1-3H3. The lowest BCUT2D eigenvalue weighted by Gasteiger charge is -2.27. The van der Waals surface area contributed by atoms with Gasteiger partial charge in [-0.25, -0.2) is 0 Å². The Hall–Kier alpha value is -0.120. The number of hydrogen-bond acceptors (Lipinski definition) is 3. The van der Waals surface area contributed by atoms with Gasteiger partial charge in [0.25, 0.3) is 0 Å². The van der Waals surface area contributed by atoms with Crippen LogP contribution in [-0.2, 0) is 0 Å². The predicted octanol–water partition coefficient (Wildman–Crippen LogP) is -0.404. The van der Waals surface area contributed by atoms with Crippen LogP contribution >= 0.6 is 0 Å². The van der Waals surface area contributed by atoms with Gasteiger partial charge in [0, 0.05) is 0 Å². The molecule has 0 saturated heterocycles. The Morgan fingerprint density at radius 1 is 1.50 bits per heavy atom. The van der Waals surface area contributed by atoms with Crippen molar-refractivity contribution in [3.63, 3.8) is 0 Å². The van der Waals surface area contributed by atoms with Gasteiger partial charge >= 0.3 is 0 Å². The molecule has 0 aromatic heterocycles. The average molecular weight is 119 g/mol. The summed E-state index contributed by atoms with van der Waals surface area (Å²) in [6, 6.07) is 0. The number of aliphatic hydroxyl groups excluding tert-OH is 1. The zero-order valence-corrected chi connectivity index (χ0v) is 5.55. The first-order valence-corrected chi connectivity index (χ1v) is 2.53. The van der Waals surface area contributed by atoms with Crippen LogP contribution in [0.25, 0.3) is 0 Å². The number of hydrogen-bond donors (Lipinski definition) is 2. The Kier molecular flexibility index (Phi) is 2.40. The Balaban J connectivity index is 3.62. The van der Waals surface area contributed by atoms with E-state index in [1.807, 2.05) is 0 Å². The van der Waals surface area contributed by atoms with Crippen molar-refractivity contribution in [2.24, 2.45) is 0 Å². The molecule has 3 nitrogen and oxygen atoms in total. The second-order valence-electron chi connectivity index (χ2n) is 2.33. The van der Waals surface area contributed by atoms with E-state index in [4.69, 9.17) is 10.2 Å². The highest BCUT2D eigenvalue weighted by molar-refractivity contribution is 4.59. The summed E-state index contributed by atoms with van der Waals surface area (Å²) in [6.07, 6.45) is 0. The van der Waals surface area contributed by atoms with E-state index < -0.39 is 5.72 Å². The van der Waals surface area contributed by atoms with Gasteiger partial charge in [-0.1, -0.05) is 0 Å². The van der Waals surface area contributed by atoms with Gasteiger partial charge in [-0.15, -0.1) is 0 Å². The molecule has 0 aliphatic carbocycles. The van der Waals surface area contributed by atoms with Crippen LogP contribution in [0, 0.1) is 0 Å². The number of rotatable bonds is 2. The monoisotopic (exact) mass is 119 g/mol. The smallest absolute Gasteiger partial charge is 0.114 e. The highest BCUT2D eigenvalue weighted by Crippen LogP contribution is 2.03. The largest absolute Gasteiger partial charge is 0.381 e. The van der Waals surface area contributed by atoms with Gasteiger partial charge in [-0.3, -0.25) is 4.90 Å². The fourth-order valence-corrected chi connectivity index (χ4v) is 0.173. The van der Waals surface area contributed by atoms with Crippen molar-refractivity contribution >= 4 is 0 Å². The van der Waals surface area contributed by atoms with Gasteiger partial charge in [-0.2, -0.15) is 0 Å². The first-order chi connectivity index (χ1) is 3.48. The molecule has 0 amide bonds. The van der Waals surface area contributed by atoms with Crippen molar-refractivity contribution in [1.82, 2.24) is 4.90 Å². The molecule has 0 aromatic rings. The predicted molar refractivity (Wildman–Crippen MR) is 31.1 cm³/mol. The zero-order valence-electron chi connectivity index (χ0n) is 5.55. The first-order valence-electron chi connectivity index (χ1n) is 2.53. The van der Waals surface area contributed by atoms with Crippen molar-refractivity contribution < 1.29 is 10.2 Å². The quantitative estimate of drug-likeness (QED) is 0.486. The minimum absolute atomic E-state index is 0.122. The van der Waals surface area contributed by atoms with E-state index in [2.05, 4.69) is 0 Å². The normalized spacial score (nSPS) is 12.8. The Bertz CT molecular complexity index is 67.3. The molecule has 0 aromatic carbocycles. The molecular weight excluding hydrogens is 106 g/mol. The lowest BCUT2D eigenvalue weighted by molar-refractivity contribution is -0.0977. The van der Waals surface area contributed by atoms with Crippen LogP contribution < -0.4 is 0 Å². The molecule has 50 valence electrons. The molecule has 3 heteroatoms. The fourth-order valence-electron chi connectivity index (χ4n) is 0.173. The van der Waals surface area contributed by atoms with E-state index in [9.17, 15) is 0 Å². The average Bonchev–Trinajstić information content (AvgIpc) is 1.62. The minimum atomic E-state index is -0.908. The van der Waals surface area contributed by atoms with E-state index >= 15 is 0 Å². The van der Waals surface area contributed by atoms with Gasteiger partial charge in [0.15, 0.2) is 0 Å². The summed E-state index contributed by atoms with van der Waals surface area (Å²) in [7, 11) is 1.64. The Labute approximate surface area is 49.5 Å². The van der Waals surface area contributed by atoms with Crippen LogP contribution in [0.3, 0.4) is 0 Å². The lowest BCUT2D eigenvalue weighted by Crippen LogP contribution is -2.41. The van der Waals surface area contributed by atoms with E-state index in [0.29, 0.717) is 0 Å². The molecule has 0 saturated carbocycles.